The molecule has 0 radical (unpaired) electrons. The van der Waals surface area contributed by atoms with E-state index in [4.69, 9.17) is 5.73 Å². The molecule has 4 rings (SSSR count). The summed E-state index contributed by atoms with van der Waals surface area (Å²) in [7, 11) is 0. The molecule has 206 valence electrons. The molecule has 0 atom stereocenters. The predicted molar refractivity (Wildman–Crippen MR) is 148 cm³/mol. The van der Waals surface area contributed by atoms with Crippen LogP contribution in [0.5, 0.6) is 0 Å². The van der Waals surface area contributed by atoms with E-state index in [2.05, 4.69) is 25.8 Å². The minimum atomic E-state index is -0.543. The standard InChI is InChI=1S/C27H35N9O3/c1-5-35-22(14-17(3)32-35)25(38)29-12-8-7-9-13-34-21-11-10-19(24(28)37)16-20(21)30-27(34)31-26(39)23-15-18(4)33-36(23)6-2/h10-11,14-16H,5-9,12-13H2,1-4H3,(H2,28,37)(H,29,38)(H,30,31,39). The SMILES string of the molecule is CCn1nc(C)cc1C(=O)NCCCCCn1c(NC(=O)c2cc(C)nn2CC)nc2cc(C(N)=O)ccc21. The number of aromatic nitrogens is 6. The van der Waals surface area contributed by atoms with Crippen LogP contribution in [0.15, 0.2) is 30.3 Å². The monoisotopic (exact) mass is 533 g/mol. The molecule has 0 aliphatic rings. The first-order valence-electron chi connectivity index (χ1n) is 13.2. The molecule has 0 aliphatic heterocycles. The van der Waals surface area contributed by atoms with E-state index in [1.165, 1.54) is 0 Å². The Kier molecular flexibility index (Phi) is 8.43. The van der Waals surface area contributed by atoms with Gasteiger partial charge in [0.1, 0.15) is 11.4 Å². The summed E-state index contributed by atoms with van der Waals surface area (Å²) in [5.41, 5.74) is 9.73. The van der Waals surface area contributed by atoms with Crippen LogP contribution in [0, 0.1) is 13.8 Å². The number of rotatable bonds is 12. The van der Waals surface area contributed by atoms with E-state index in [0.29, 0.717) is 54.6 Å². The van der Waals surface area contributed by atoms with Crippen molar-refractivity contribution in [2.45, 2.75) is 66.6 Å². The van der Waals surface area contributed by atoms with Gasteiger partial charge in [0, 0.05) is 31.7 Å². The van der Waals surface area contributed by atoms with Crippen LogP contribution in [0.2, 0.25) is 0 Å². The summed E-state index contributed by atoms with van der Waals surface area (Å²) in [6, 6.07) is 8.60. The number of aryl methyl sites for hydroxylation is 5. The first-order valence-corrected chi connectivity index (χ1v) is 13.2. The fourth-order valence-electron chi connectivity index (χ4n) is 4.57. The van der Waals surface area contributed by atoms with Gasteiger partial charge in [-0.15, -0.1) is 0 Å². The number of hydrogen-bond donors (Lipinski definition) is 3. The molecule has 0 saturated carbocycles. The van der Waals surface area contributed by atoms with E-state index >= 15 is 0 Å². The molecular weight excluding hydrogens is 498 g/mol. The highest BCUT2D eigenvalue weighted by Crippen LogP contribution is 2.23. The van der Waals surface area contributed by atoms with Crippen molar-refractivity contribution in [1.29, 1.82) is 0 Å². The highest BCUT2D eigenvalue weighted by molar-refractivity contribution is 6.03. The van der Waals surface area contributed by atoms with Gasteiger partial charge in [-0.3, -0.25) is 29.1 Å². The number of carbonyl (C=O) groups is 3. The van der Waals surface area contributed by atoms with Gasteiger partial charge in [0.2, 0.25) is 11.9 Å². The zero-order valence-corrected chi connectivity index (χ0v) is 22.8. The lowest BCUT2D eigenvalue weighted by Gasteiger charge is -2.11. The van der Waals surface area contributed by atoms with Gasteiger partial charge in [0.25, 0.3) is 11.8 Å². The molecule has 1 aromatic carbocycles. The van der Waals surface area contributed by atoms with E-state index in [1.54, 1.807) is 39.7 Å². The molecule has 3 aromatic heterocycles. The molecule has 4 N–H and O–H groups in total. The Morgan fingerprint density at radius 2 is 1.51 bits per heavy atom. The quantitative estimate of drug-likeness (QED) is 0.238. The number of anilines is 1. The Balaban J connectivity index is 1.43. The second-order valence-corrected chi connectivity index (χ2v) is 9.40. The van der Waals surface area contributed by atoms with Gasteiger partial charge in [-0.05, 0) is 77.3 Å². The summed E-state index contributed by atoms with van der Waals surface area (Å²) < 4.78 is 5.27. The Hall–Kier alpha value is -4.48. The molecule has 39 heavy (non-hydrogen) atoms. The molecule has 3 amide bonds. The molecule has 12 nitrogen and oxygen atoms in total. The van der Waals surface area contributed by atoms with E-state index < -0.39 is 5.91 Å². The molecule has 0 spiro atoms. The second-order valence-electron chi connectivity index (χ2n) is 9.40. The Bertz CT molecular complexity index is 1510. The lowest BCUT2D eigenvalue weighted by atomic mass is 10.2. The summed E-state index contributed by atoms with van der Waals surface area (Å²) in [5.74, 6) is -0.601. The van der Waals surface area contributed by atoms with Crippen LogP contribution in [0.25, 0.3) is 11.0 Å². The average molecular weight is 534 g/mol. The normalized spacial score (nSPS) is 11.2. The Morgan fingerprint density at radius 1 is 0.872 bits per heavy atom. The van der Waals surface area contributed by atoms with Crippen molar-refractivity contribution in [2.75, 3.05) is 11.9 Å². The summed E-state index contributed by atoms with van der Waals surface area (Å²) in [5, 5.41) is 14.6. The van der Waals surface area contributed by atoms with Crippen LogP contribution in [0.4, 0.5) is 5.95 Å². The van der Waals surface area contributed by atoms with Crippen LogP contribution in [-0.4, -0.2) is 53.4 Å². The molecule has 0 fully saturated rings. The second kappa shape index (κ2) is 11.9. The van der Waals surface area contributed by atoms with E-state index in [0.717, 1.165) is 36.2 Å². The zero-order chi connectivity index (χ0) is 28.1. The molecule has 0 unspecified atom stereocenters. The fourth-order valence-corrected chi connectivity index (χ4v) is 4.57. The number of amides is 3. The first-order chi connectivity index (χ1) is 18.7. The van der Waals surface area contributed by atoms with Crippen molar-refractivity contribution in [3.05, 3.63) is 58.7 Å². The fraction of sp³-hybridized carbons (Fsp3) is 0.407. The number of imidazole rings is 1. The van der Waals surface area contributed by atoms with Gasteiger partial charge in [-0.25, -0.2) is 4.98 Å². The maximum absolute atomic E-state index is 13.1. The number of fused-ring (bicyclic) bond motifs is 1. The number of nitrogens with one attached hydrogen (secondary N) is 2. The summed E-state index contributed by atoms with van der Waals surface area (Å²) >= 11 is 0. The van der Waals surface area contributed by atoms with Crippen molar-refractivity contribution >= 4 is 34.7 Å². The van der Waals surface area contributed by atoms with Crippen LogP contribution < -0.4 is 16.4 Å². The zero-order valence-electron chi connectivity index (χ0n) is 22.8. The third kappa shape index (κ3) is 6.16. The van der Waals surface area contributed by atoms with E-state index in [1.807, 2.05) is 32.3 Å². The van der Waals surface area contributed by atoms with Crippen molar-refractivity contribution in [3.8, 4) is 0 Å². The molecule has 0 saturated heterocycles. The third-order valence-corrected chi connectivity index (χ3v) is 6.47. The van der Waals surface area contributed by atoms with E-state index in [9.17, 15) is 14.4 Å². The molecule has 3 heterocycles. The highest BCUT2D eigenvalue weighted by atomic mass is 16.2. The average Bonchev–Trinajstić information content (AvgIpc) is 3.59. The highest BCUT2D eigenvalue weighted by Gasteiger charge is 2.19. The lowest BCUT2D eigenvalue weighted by molar-refractivity contribution is 0.0940. The number of unbranched alkanes of at least 4 members (excludes halogenated alkanes) is 2. The van der Waals surface area contributed by atoms with Gasteiger partial charge >= 0.3 is 0 Å². The van der Waals surface area contributed by atoms with Crippen LogP contribution in [0.3, 0.4) is 0 Å². The molecule has 0 aliphatic carbocycles. The van der Waals surface area contributed by atoms with Gasteiger partial charge in [0.05, 0.1) is 22.4 Å². The molecule has 12 heteroatoms. The van der Waals surface area contributed by atoms with Gasteiger partial charge < -0.3 is 15.6 Å². The first kappa shape index (κ1) is 27.6. The summed E-state index contributed by atoms with van der Waals surface area (Å²) in [4.78, 5) is 41.9. The number of primary amides is 1. The number of hydrogen-bond acceptors (Lipinski definition) is 6. The molecule has 0 bridgehead atoms. The lowest BCUT2D eigenvalue weighted by Crippen LogP contribution is -2.27. The van der Waals surface area contributed by atoms with Crippen molar-refractivity contribution in [2.24, 2.45) is 5.73 Å². The molecule has 4 aromatic rings. The minimum absolute atomic E-state index is 0.130. The van der Waals surface area contributed by atoms with Gasteiger partial charge in [-0.2, -0.15) is 10.2 Å². The number of nitrogens with zero attached hydrogens (tertiary/aromatic N) is 6. The third-order valence-electron chi connectivity index (χ3n) is 6.47. The van der Waals surface area contributed by atoms with E-state index in [-0.39, 0.29) is 11.8 Å². The maximum atomic E-state index is 13.1. The van der Waals surface area contributed by atoms with Crippen molar-refractivity contribution in [1.82, 2.24) is 34.4 Å². The maximum Gasteiger partial charge on any atom is 0.276 e. The topological polar surface area (TPSA) is 155 Å². The molecular formula is C27H35N9O3. The van der Waals surface area contributed by atoms with Crippen molar-refractivity contribution in [3.63, 3.8) is 0 Å². The Morgan fingerprint density at radius 3 is 2.13 bits per heavy atom. The smallest absolute Gasteiger partial charge is 0.276 e. The summed E-state index contributed by atoms with van der Waals surface area (Å²) in [6.07, 6.45) is 2.43. The Labute approximate surface area is 226 Å². The number of benzene rings is 1. The largest absolute Gasteiger partial charge is 0.366 e. The van der Waals surface area contributed by atoms with Crippen LogP contribution >= 0.6 is 0 Å². The van der Waals surface area contributed by atoms with Crippen molar-refractivity contribution < 1.29 is 14.4 Å². The van der Waals surface area contributed by atoms with Crippen LogP contribution in [-0.2, 0) is 19.6 Å². The predicted octanol–water partition coefficient (Wildman–Crippen LogP) is 3.04. The number of carbonyl (C=O) groups excluding carboxylic acids is 3. The van der Waals surface area contributed by atoms with Gasteiger partial charge in [-0.1, -0.05) is 0 Å². The number of nitrogens with two attached hydrogens (primary N) is 1. The minimum Gasteiger partial charge on any atom is -0.366 e. The van der Waals surface area contributed by atoms with Crippen LogP contribution in [0.1, 0.15) is 75.8 Å². The van der Waals surface area contributed by atoms with Gasteiger partial charge in [0.15, 0.2) is 0 Å². The summed E-state index contributed by atoms with van der Waals surface area (Å²) in [6.45, 7) is 9.91.